The highest BCUT2D eigenvalue weighted by Crippen LogP contribution is 2.45. The summed E-state index contributed by atoms with van der Waals surface area (Å²) in [5, 5.41) is 15.2. The Labute approximate surface area is 274 Å². The molecule has 2 N–H and O–H groups in total. The van der Waals surface area contributed by atoms with Gasteiger partial charge in [-0.25, -0.2) is 13.2 Å². The Morgan fingerprint density at radius 3 is 2.30 bits per heavy atom. The molecule has 244 valence electrons. The molecule has 3 aliphatic heterocycles. The number of nitrogens with one attached hydrogen (secondary N) is 1. The first kappa shape index (κ1) is 32.4. The maximum atomic E-state index is 13.2. The van der Waals surface area contributed by atoms with Crippen LogP contribution in [0, 0.1) is 5.92 Å². The summed E-state index contributed by atoms with van der Waals surface area (Å²) in [6.45, 7) is 13.4. The lowest BCUT2D eigenvalue weighted by Crippen LogP contribution is -2.33. The van der Waals surface area contributed by atoms with Gasteiger partial charge in [0, 0.05) is 56.8 Å². The number of ether oxygens (including phenoxy) is 1. The average Bonchev–Trinajstić information content (AvgIpc) is 2.95. The largest absolute Gasteiger partial charge is 0.748 e. The standard InChI is InChI=1S/C37H38N2O7S/c1-8-20-16-36(4,5)38-29-14-31-27(12-24(20)29)33(26-11-21(34(40)19(2)3)9-10-23(26)35(41)42)28-13-25-22(18-47(43,44)45)17-37(6,7)39-30(25)15-32(28)46-31/h9-17,19,39H,8,18H2,1-7H3,(H,41,42)(H,43,44,45)/p-1. The monoisotopic (exact) mass is 653 g/mol. The summed E-state index contributed by atoms with van der Waals surface area (Å²) in [5.74, 6) is -1.48. The molecule has 0 radical (unpaired) electrons. The SMILES string of the molecule is CCC1=CC(C)(C)N=c2cc3c(cc21)=C(c1cc(C(=O)C(C)C)ccc1C(=O)O)c1cc2c(cc1O3)NC(C)(C)C=C2CS(=O)(=O)[O-]. The fourth-order valence-electron chi connectivity index (χ4n) is 6.75. The number of benzene rings is 3. The van der Waals surface area contributed by atoms with Crippen molar-refractivity contribution >= 4 is 44.3 Å². The van der Waals surface area contributed by atoms with Crippen molar-refractivity contribution in [1.29, 1.82) is 0 Å². The van der Waals surface area contributed by atoms with E-state index in [1.807, 2.05) is 39.8 Å². The van der Waals surface area contributed by atoms with Crippen molar-refractivity contribution in [2.24, 2.45) is 10.9 Å². The fraction of sp³-hybridized carbons (Fsp3) is 0.324. The third-order valence-electron chi connectivity index (χ3n) is 8.64. The van der Waals surface area contributed by atoms with Crippen LogP contribution in [-0.4, -0.2) is 46.7 Å². The number of Topliss-reactive ketones (excluding diaryl/α,β-unsaturated/α-hetero) is 1. The van der Waals surface area contributed by atoms with Gasteiger partial charge < -0.3 is 19.7 Å². The highest BCUT2D eigenvalue weighted by Gasteiger charge is 2.32. The summed E-state index contributed by atoms with van der Waals surface area (Å²) in [5.41, 5.74) is 3.93. The van der Waals surface area contributed by atoms with E-state index in [0.29, 0.717) is 55.8 Å². The molecule has 0 aromatic heterocycles. The molecule has 9 nitrogen and oxygen atoms in total. The lowest BCUT2D eigenvalue weighted by Gasteiger charge is -2.34. The number of anilines is 1. The summed E-state index contributed by atoms with van der Waals surface area (Å²) in [7, 11) is -4.64. The Balaban J connectivity index is 1.76. The van der Waals surface area contributed by atoms with Crippen molar-refractivity contribution in [3.8, 4) is 11.5 Å². The van der Waals surface area contributed by atoms with Crippen LogP contribution in [-0.2, 0) is 10.1 Å². The van der Waals surface area contributed by atoms with Crippen molar-refractivity contribution < 1.29 is 32.4 Å². The van der Waals surface area contributed by atoms with Gasteiger partial charge in [0.1, 0.15) is 11.5 Å². The number of allylic oxidation sites excluding steroid dienone is 1. The third-order valence-corrected chi connectivity index (χ3v) is 9.30. The number of hydrogen-bond donors (Lipinski definition) is 2. The second-order valence-corrected chi connectivity index (χ2v) is 15.2. The molecule has 6 rings (SSSR count). The van der Waals surface area contributed by atoms with Gasteiger partial charge in [0.15, 0.2) is 5.78 Å². The number of carboxylic acids is 1. The molecule has 0 unspecified atom stereocenters. The number of nitrogens with zero attached hydrogens (tertiary/aromatic N) is 1. The van der Waals surface area contributed by atoms with Crippen LogP contribution in [0.3, 0.4) is 0 Å². The molecule has 3 aliphatic rings. The van der Waals surface area contributed by atoms with E-state index >= 15 is 0 Å². The first-order chi connectivity index (χ1) is 21.9. The van der Waals surface area contributed by atoms with Crippen molar-refractivity contribution in [3.63, 3.8) is 0 Å². The van der Waals surface area contributed by atoms with Crippen molar-refractivity contribution in [2.75, 3.05) is 11.1 Å². The molecule has 3 aromatic carbocycles. The van der Waals surface area contributed by atoms with E-state index in [0.717, 1.165) is 22.9 Å². The molecule has 47 heavy (non-hydrogen) atoms. The molecule has 0 saturated carbocycles. The zero-order valence-corrected chi connectivity index (χ0v) is 28.3. The van der Waals surface area contributed by atoms with E-state index in [1.54, 1.807) is 38.1 Å². The average molecular weight is 654 g/mol. The van der Waals surface area contributed by atoms with Crippen LogP contribution in [0.2, 0.25) is 0 Å². The van der Waals surface area contributed by atoms with Crippen LogP contribution in [0.25, 0.3) is 16.7 Å². The normalized spacial score (nSPS) is 17.1. The van der Waals surface area contributed by atoms with Gasteiger partial charge in [-0.15, -0.1) is 0 Å². The Kier molecular flexibility index (Phi) is 7.60. The van der Waals surface area contributed by atoms with Gasteiger partial charge in [-0.05, 0) is 75.1 Å². The Bertz CT molecular complexity index is 2210. The fourth-order valence-corrected chi connectivity index (χ4v) is 7.37. The molecule has 3 heterocycles. The lowest BCUT2D eigenvalue weighted by atomic mass is 9.83. The molecule has 0 aliphatic carbocycles. The Hall–Kier alpha value is -4.54. The van der Waals surface area contributed by atoms with Gasteiger partial charge in [0.05, 0.1) is 37.9 Å². The summed E-state index contributed by atoms with van der Waals surface area (Å²) in [6, 6.07) is 11.9. The number of rotatable bonds is 7. The molecule has 0 spiro atoms. The van der Waals surface area contributed by atoms with E-state index in [9.17, 15) is 27.7 Å². The number of carboxylic acid groups (broad SMARTS) is 1. The van der Waals surface area contributed by atoms with Crippen molar-refractivity contribution in [1.82, 2.24) is 0 Å². The second-order valence-electron chi connectivity index (χ2n) is 13.8. The Morgan fingerprint density at radius 1 is 0.936 bits per heavy atom. The van der Waals surface area contributed by atoms with Crippen LogP contribution in [0.15, 0.2) is 59.6 Å². The van der Waals surface area contributed by atoms with Gasteiger partial charge >= 0.3 is 5.97 Å². The zero-order chi connectivity index (χ0) is 34.2. The van der Waals surface area contributed by atoms with Crippen LogP contribution < -0.4 is 20.6 Å². The number of carbonyl (C=O) groups excluding carboxylic acids is 1. The minimum absolute atomic E-state index is 0.0104. The summed E-state index contributed by atoms with van der Waals surface area (Å²) >= 11 is 0. The molecule has 3 aromatic rings. The quantitative estimate of drug-likeness (QED) is 0.185. The Morgan fingerprint density at radius 2 is 1.66 bits per heavy atom. The predicted molar refractivity (Wildman–Crippen MR) is 181 cm³/mol. The predicted octanol–water partition coefficient (Wildman–Crippen LogP) is 5.91. The van der Waals surface area contributed by atoms with Gasteiger partial charge in [-0.3, -0.25) is 9.79 Å². The van der Waals surface area contributed by atoms with Crippen LogP contribution >= 0.6 is 0 Å². The third kappa shape index (κ3) is 6.03. The highest BCUT2D eigenvalue weighted by atomic mass is 32.2. The van der Waals surface area contributed by atoms with Gasteiger partial charge in [0.25, 0.3) is 0 Å². The molecule has 10 heteroatoms. The highest BCUT2D eigenvalue weighted by molar-refractivity contribution is 7.86. The van der Waals surface area contributed by atoms with Gasteiger partial charge in [-0.1, -0.05) is 39.0 Å². The van der Waals surface area contributed by atoms with E-state index in [2.05, 4.69) is 18.3 Å². The first-order valence-corrected chi connectivity index (χ1v) is 17.2. The minimum atomic E-state index is -4.64. The van der Waals surface area contributed by atoms with Gasteiger partial charge in [-0.2, -0.15) is 0 Å². The summed E-state index contributed by atoms with van der Waals surface area (Å²) in [6.07, 6.45) is 4.58. The lowest BCUT2D eigenvalue weighted by molar-refractivity contribution is 0.0695. The maximum Gasteiger partial charge on any atom is 0.336 e. The molecular formula is C37H37N2O7S-. The zero-order valence-electron chi connectivity index (χ0n) is 27.4. The number of carbonyl (C=O) groups is 2. The molecule has 0 saturated heterocycles. The van der Waals surface area contributed by atoms with Crippen molar-refractivity contribution in [3.05, 3.63) is 98.6 Å². The van der Waals surface area contributed by atoms with E-state index in [-0.39, 0.29) is 17.3 Å². The number of ketones is 1. The summed E-state index contributed by atoms with van der Waals surface area (Å²) < 4.78 is 42.6. The maximum absolute atomic E-state index is 13.2. The molecule has 0 atom stereocenters. The summed E-state index contributed by atoms with van der Waals surface area (Å²) in [4.78, 5) is 30.9. The van der Waals surface area contributed by atoms with Crippen LogP contribution in [0.1, 0.15) is 97.9 Å². The van der Waals surface area contributed by atoms with Crippen LogP contribution in [0.5, 0.6) is 11.5 Å². The topological polar surface area (TPSA) is 145 Å². The van der Waals surface area contributed by atoms with Gasteiger partial charge in [0.2, 0.25) is 0 Å². The van der Waals surface area contributed by atoms with E-state index in [4.69, 9.17) is 9.73 Å². The molecular weight excluding hydrogens is 616 g/mol. The number of hydrogen-bond acceptors (Lipinski definition) is 8. The smallest absolute Gasteiger partial charge is 0.336 e. The van der Waals surface area contributed by atoms with Crippen LogP contribution in [0.4, 0.5) is 5.69 Å². The number of aromatic carboxylic acids is 1. The minimum Gasteiger partial charge on any atom is -0.748 e. The molecule has 0 amide bonds. The van der Waals surface area contributed by atoms with E-state index < -0.39 is 32.9 Å². The number of fused-ring (bicyclic) bond motifs is 4. The second kappa shape index (κ2) is 11.0. The van der Waals surface area contributed by atoms with Crippen molar-refractivity contribution in [2.45, 2.75) is 66.0 Å². The van der Waals surface area contributed by atoms with E-state index in [1.165, 1.54) is 12.1 Å². The molecule has 0 bridgehead atoms. The molecule has 0 fully saturated rings. The first-order valence-electron chi connectivity index (χ1n) is 15.6.